The predicted molar refractivity (Wildman–Crippen MR) is 48.4 cm³/mol. The van der Waals surface area contributed by atoms with Gasteiger partial charge in [0, 0.05) is 36.0 Å². The first-order chi connectivity index (χ1) is 5.70. The predicted octanol–water partition coefficient (Wildman–Crippen LogP) is -0.482. The van der Waals surface area contributed by atoms with Crippen LogP contribution in [0.4, 0.5) is 0 Å². The Kier molecular flexibility index (Phi) is 6.99. The average Bonchev–Trinajstić information content (AvgIpc) is 2.04. The third-order valence-electron chi connectivity index (χ3n) is 1.25. The number of hydrogen-bond acceptors (Lipinski definition) is 3. The molecule has 1 amide bonds. The number of carbonyl (C=O) groups is 1. The Labute approximate surface area is 75.1 Å². The van der Waals surface area contributed by atoms with Gasteiger partial charge in [-0.15, -0.1) is 0 Å². The van der Waals surface area contributed by atoms with E-state index in [1.165, 1.54) is 7.11 Å². The molecule has 5 heteroatoms. The Morgan fingerprint density at radius 3 is 2.75 bits per heavy atom. The molecule has 0 aliphatic rings. The maximum Gasteiger partial charge on any atom is 0.246 e. The molecule has 1 atom stereocenters. The van der Waals surface area contributed by atoms with Crippen molar-refractivity contribution in [1.82, 2.24) is 5.32 Å². The molecule has 0 bridgehead atoms. The highest BCUT2D eigenvalue weighted by atomic mass is 32.2. The van der Waals surface area contributed by atoms with Crippen LogP contribution in [0.25, 0.3) is 0 Å². The topological polar surface area (TPSA) is 55.4 Å². The van der Waals surface area contributed by atoms with Gasteiger partial charge < -0.3 is 10.1 Å². The molecule has 0 rings (SSSR count). The third kappa shape index (κ3) is 6.30. The van der Waals surface area contributed by atoms with Gasteiger partial charge in [0.2, 0.25) is 5.91 Å². The summed E-state index contributed by atoms with van der Waals surface area (Å²) in [6, 6.07) is 0. The van der Waals surface area contributed by atoms with Gasteiger partial charge in [-0.3, -0.25) is 9.00 Å². The first-order valence-corrected chi connectivity index (χ1v) is 5.30. The minimum Gasteiger partial charge on any atom is -0.375 e. The quantitative estimate of drug-likeness (QED) is 0.620. The molecule has 12 heavy (non-hydrogen) atoms. The smallest absolute Gasteiger partial charge is 0.246 e. The van der Waals surface area contributed by atoms with Gasteiger partial charge in [0.1, 0.15) is 6.61 Å². The average molecular weight is 193 g/mol. The van der Waals surface area contributed by atoms with E-state index in [1.54, 1.807) is 0 Å². The van der Waals surface area contributed by atoms with E-state index in [-0.39, 0.29) is 12.5 Å². The summed E-state index contributed by atoms with van der Waals surface area (Å²) in [4.78, 5) is 10.8. The van der Waals surface area contributed by atoms with E-state index in [2.05, 4.69) is 10.1 Å². The second-order valence-electron chi connectivity index (χ2n) is 2.22. The Morgan fingerprint density at radius 1 is 1.58 bits per heavy atom. The van der Waals surface area contributed by atoms with Crippen LogP contribution < -0.4 is 5.32 Å². The molecule has 0 aromatic carbocycles. The van der Waals surface area contributed by atoms with Crippen LogP contribution in [0.3, 0.4) is 0 Å². The zero-order valence-corrected chi connectivity index (χ0v) is 8.28. The van der Waals surface area contributed by atoms with Gasteiger partial charge >= 0.3 is 0 Å². The molecule has 0 heterocycles. The van der Waals surface area contributed by atoms with Crippen molar-refractivity contribution in [2.75, 3.05) is 31.8 Å². The fourth-order valence-corrected chi connectivity index (χ4v) is 1.25. The van der Waals surface area contributed by atoms with Gasteiger partial charge in [0.25, 0.3) is 0 Å². The number of methoxy groups -OCH3 is 1. The number of nitrogens with one attached hydrogen (secondary N) is 1. The summed E-state index contributed by atoms with van der Waals surface area (Å²) in [6.07, 6.45) is 0. The van der Waals surface area contributed by atoms with Gasteiger partial charge in [-0.1, -0.05) is 6.92 Å². The summed E-state index contributed by atoms with van der Waals surface area (Å²) in [7, 11) is 0.659. The highest BCUT2D eigenvalue weighted by Gasteiger charge is 1.99. The normalized spacial score (nSPS) is 12.5. The lowest BCUT2D eigenvalue weighted by Crippen LogP contribution is -2.30. The molecule has 0 spiro atoms. The molecule has 0 fully saturated rings. The van der Waals surface area contributed by atoms with E-state index in [1.807, 2.05) is 6.92 Å². The van der Waals surface area contributed by atoms with Crippen molar-refractivity contribution in [3.63, 3.8) is 0 Å². The number of amides is 1. The summed E-state index contributed by atoms with van der Waals surface area (Å²) < 4.78 is 15.5. The molecular weight excluding hydrogens is 178 g/mol. The first kappa shape index (κ1) is 11.6. The summed E-state index contributed by atoms with van der Waals surface area (Å²) in [5, 5.41) is 2.59. The fraction of sp³-hybridized carbons (Fsp3) is 0.857. The Balaban J connectivity index is 3.30. The molecule has 1 N–H and O–H groups in total. The molecule has 0 saturated heterocycles. The number of hydrogen-bond donors (Lipinski definition) is 1. The maximum atomic E-state index is 10.9. The largest absolute Gasteiger partial charge is 0.375 e. The van der Waals surface area contributed by atoms with Gasteiger partial charge in [0.15, 0.2) is 0 Å². The summed E-state index contributed by atoms with van der Waals surface area (Å²) >= 11 is 0. The van der Waals surface area contributed by atoms with Gasteiger partial charge in [0.05, 0.1) is 0 Å². The summed E-state index contributed by atoms with van der Waals surface area (Å²) in [5.41, 5.74) is 0. The van der Waals surface area contributed by atoms with Crippen LogP contribution in [0, 0.1) is 0 Å². The molecule has 0 saturated carbocycles. The maximum absolute atomic E-state index is 10.9. The molecule has 0 aromatic heterocycles. The van der Waals surface area contributed by atoms with Gasteiger partial charge in [-0.2, -0.15) is 0 Å². The molecule has 72 valence electrons. The van der Waals surface area contributed by atoms with E-state index >= 15 is 0 Å². The zero-order chi connectivity index (χ0) is 9.40. The fourth-order valence-electron chi connectivity index (χ4n) is 0.631. The second-order valence-corrected chi connectivity index (χ2v) is 4.08. The van der Waals surface area contributed by atoms with Crippen LogP contribution in [0.5, 0.6) is 0 Å². The van der Waals surface area contributed by atoms with Crippen molar-refractivity contribution in [3.8, 4) is 0 Å². The molecule has 0 aromatic rings. The second kappa shape index (κ2) is 7.24. The molecule has 0 aliphatic carbocycles. The van der Waals surface area contributed by atoms with Crippen LogP contribution >= 0.6 is 0 Å². The lowest BCUT2D eigenvalue weighted by atomic mass is 10.6. The van der Waals surface area contributed by atoms with Crippen LogP contribution in [0.2, 0.25) is 0 Å². The van der Waals surface area contributed by atoms with Gasteiger partial charge in [-0.05, 0) is 0 Å². The number of ether oxygens (including phenoxy) is 1. The summed E-state index contributed by atoms with van der Waals surface area (Å²) in [6.45, 7) is 2.38. The monoisotopic (exact) mass is 193 g/mol. The van der Waals surface area contributed by atoms with Crippen molar-refractivity contribution in [1.29, 1.82) is 0 Å². The number of carbonyl (C=O) groups excluding carboxylic acids is 1. The molecule has 1 unspecified atom stereocenters. The van der Waals surface area contributed by atoms with Crippen LogP contribution in [0.1, 0.15) is 6.92 Å². The lowest BCUT2D eigenvalue weighted by molar-refractivity contribution is -0.124. The van der Waals surface area contributed by atoms with E-state index in [4.69, 9.17) is 0 Å². The van der Waals surface area contributed by atoms with Crippen LogP contribution in [-0.2, 0) is 20.3 Å². The zero-order valence-electron chi connectivity index (χ0n) is 7.46. The van der Waals surface area contributed by atoms with E-state index in [9.17, 15) is 9.00 Å². The van der Waals surface area contributed by atoms with Crippen molar-refractivity contribution in [3.05, 3.63) is 0 Å². The minimum atomic E-state index is -0.803. The SMILES string of the molecule is CCS(=O)CCNC(=O)COC. The van der Waals surface area contributed by atoms with E-state index in [0.29, 0.717) is 18.1 Å². The molecular formula is C7H15NO3S. The molecule has 0 radical (unpaired) electrons. The molecule has 0 aliphatic heterocycles. The number of rotatable bonds is 6. The van der Waals surface area contributed by atoms with Crippen molar-refractivity contribution in [2.24, 2.45) is 0 Å². The Hall–Kier alpha value is -0.420. The van der Waals surface area contributed by atoms with Gasteiger partial charge in [-0.25, -0.2) is 0 Å². The minimum absolute atomic E-state index is 0.0682. The van der Waals surface area contributed by atoms with E-state index < -0.39 is 10.8 Å². The van der Waals surface area contributed by atoms with E-state index in [0.717, 1.165) is 0 Å². The highest BCUT2D eigenvalue weighted by molar-refractivity contribution is 7.84. The van der Waals surface area contributed by atoms with Crippen molar-refractivity contribution in [2.45, 2.75) is 6.92 Å². The van der Waals surface area contributed by atoms with Crippen molar-refractivity contribution < 1.29 is 13.7 Å². The summed E-state index contributed by atoms with van der Waals surface area (Å²) in [5.74, 6) is 0.997. The standard InChI is InChI=1S/C7H15NO3S/c1-3-12(10)5-4-8-7(9)6-11-2/h3-6H2,1-2H3,(H,8,9). The Bertz CT molecular complexity index is 161. The van der Waals surface area contributed by atoms with Crippen LogP contribution in [0.15, 0.2) is 0 Å². The third-order valence-corrected chi connectivity index (χ3v) is 2.55. The first-order valence-electron chi connectivity index (χ1n) is 3.81. The molecule has 4 nitrogen and oxygen atoms in total. The van der Waals surface area contributed by atoms with Crippen LogP contribution in [-0.4, -0.2) is 41.9 Å². The highest BCUT2D eigenvalue weighted by Crippen LogP contribution is 1.79. The van der Waals surface area contributed by atoms with Crippen molar-refractivity contribution >= 4 is 16.7 Å². The lowest BCUT2D eigenvalue weighted by Gasteiger charge is -2.02. The Morgan fingerprint density at radius 2 is 2.25 bits per heavy atom.